The highest BCUT2D eigenvalue weighted by atomic mass is 19.4. The number of aryl methyl sites for hydroxylation is 1. The zero-order valence-corrected chi connectivity index (χ0v) is 19.7. The van der Waals surface area contributed by atoms with Crippen LogP contribution in [0, 0.1) is 28.7 Å². The van der Waals surface area contributed by atoms with Crippen molar-refractivity contribution in [3.63, 3.8) is 0 Å². The second-order valence-electron chi connectivity index (χ2n) is 8.49. The third-order valence-corrected chi connectivity index (χ3v) is 5.61. The SMILES string of the molecule is Cc1cc(F)ccc1Oc1ccc(C(F)(F)F)cc1C(=O)Nc1ccc(F)c(CC(C)(C(=O)O)[N+](=O)[O-])c1. The Morgan fingerprint density at radius 1 is 1.03 bits per heavy atom. The number of nitrogens with zero attached hydrogens (tertiary/aromatic N) is 1. The van der Waals surface area contributed by atoms with Crippen LogP contribution in [0.25, 0.3) is 0 Å². The number of hydrogen-bond acceptors (Lipinski definition) is 5. The van der Waals surface area contributed by atoms with Crippen LogP contribution in [0.15, 0.2) is 54.6 Å². The van der Waals surface area contributed by atoms with E-state index in [2.05, 4.69) is 5.32 Å². The van der Waals surface area contributed by atoms with Gasteiger partial charge in [0.25, 0.3) is 5.91 Å². The number of nitro groups is 1. The number of carbonyl (C=O) groups is 2. The molecular formula is C25H19F5N2O6. The molecule has 13 heteroatoms. The lowest BCUT2D eigenvalue weighted by atomic mass is 9.93. The molecule has 0 aromatic heterocycles. The normalized spacial score (nSPS) is 12.9. The van der Waals surface area contributed by atoms with E-state index in [0.717, 1.165) is 43.3 Å². The molecule has 0 bridgehead atoms. The molecule has 1 amide bonds. The maximum absolute atomic E-state index is 14.3. The first-order chi connectivity index (χ1) is 17.6. The van der Waals surface area contributed by atoms with Gasteiger partial charge in [0.2, 0.25) is 0 Å². The first kappa shape index (κ1) is 28.0. The van der Waals surface area contributed by atoms with E-state index >= 15 is 0 Å². The molecule has 0 aliphatic rings. The highest BCUT2D eigenvalue weighted by Gasteiger charge is 2.47. The van der Waals surface area contributed by atoms with Gasteiger partial charge in [0.15, 0.2) is 0 Å². The molecule has 38 heavy (non-hydrogen) atoms. The van der Waals surface area contributed by atoms with E-state index in [1.54, 1.807) is 0 Å². The third-order valence-electron chi connectivity index (χ3n) is 5.61. The van der Waals surface area contributed by atoms with E-state index in [4.69, 9.17) is 4.74 Å². The molecule has 0 saturated carbocycles. The lowest BCUT2D eigenvalue weighted by Gasteiger charge is -2.18. The standard InChI is InChI=1S/C25H19F5N2O6/c1-13-9-16(26)4-8-20(13)38-21-7-3-15(25(28,29)30)11-18(21)22(33)31-17-5-6-19(27)14(10-17)12-24(2,23(34)35)32(36)37/h3-11H,12H2,1-2H3,(H,31,33)(H,34,35). The first-order valence-electron chi connectivity index (χ1n) is 10.7. The van der Waals surface area contributed by atoms with Gasteiger partial charge in [-0.2, -0.15) is 13.2 Å². The van der Waals surface area contributed by atoms with Gasteiger partial charge in [-0.15, -0.1) is 0 Å². The number of carboxylic acid groups (broad SMARTS) is 1. The molecule has 0 saturated heterocycles. The van der Waals surface area contributed by atoms with Crippen molar-refractivity contribution in [1.29, 1.82) is 0 Å². The second-order valence-corrected chi connectivity index (χ2v) is 8.49. The van der Waals surface area contributed by atoms with Crippen LogP contribution in [0.2, 0.25) is 0 Å². The highest BCUT2D eigenvalue weighted by molar-refractivity contribution is 6.06. The third kappa shape index (κ3) is 6.05. The largest absolute Gasteiger partial charge is 0.476 e. The van der Waals surface area contributed by atoms with Crippen molar-refractivity contribution < 1.29 is 46.3 Å². The Morgan fingerprint density at radius 2 is 1.68 bits per heavy atom. The van der Waals surface area contributed by atoms with Crippen molar-refractivity contribution in [1.82, 2.24) is 0 Å². The van der Waals surface area contributed by atoms with Crippen LogP contribution in [0.5, 0.6) is 11.5 Å². The fourth-order valence-electron chi connectivity index (χ4n) is 3.39. The van der Waals surface area contributed by atoms with Gasteiger partial charge in [-0.1, -0.05) is 0 Å². The summed E-state index contributed by atoms with van der Waals surface area (Å²) in [5.74, 6) is -4.75. The van der Waals surface area contributed by atoms with Crippen LogP contribution in [0.1, 0.15) is 34.0 Å². The Bertz CT molecular complexity index is 1410. The van der Waals surface area contributed by atoms with Gasteiger partial charge in [0, 0.05) is 17.5 Å². The number of aliphatic carboxylic acids is 1. The van der Waals surface area contributed by atoms with Crippen LogP contribution in [-0.4, -0.2) is 27.4 Å². The molecule has 0 fully saturated rings. The average molecular weight is 538 g/mol. The number of amides is 1. The van der Waals surface area contributed by atoms with Gasteiger partial charge >= 0.3 is 17.7 Å². The van der Waals surface area contributed by atoms with Gasteiger partial charge in [-0.25, -0.2) is 13.6 Å². The van der Waals surface area contributed by atoms with Crippen molar-refractivity contribution in [3.05, 3.63) is 98.6 Å². The predicted molar refractivity (Wildman–Crippen MR) is 124 cm³/mol. The van der Waals surface area contributed by atoms with Crippen molar-refractivity contribution >= 4 is 17.6 Å². The Labute approximate surface area is 211 Å². The summed E-state index contributed by atoms with van der Waals surface area (Å²) in [6, 6.07) is 8.33. The summed E-state index contributed by atoms with van der Waals surface area (Å²) in [4.78, 5) is 34.6. The molecule has 0 aliphatic heterocycles. The van der Waals surface area contributed by atoms with E-state index in [1.807, 2.05) is 0 Å². The molecule has 2 N–H and O–H groups in total. The summed E-state index contributed by atoms with van der Waals surface area (Å²) < 4.78 is 73.4. The van der Waals surface area contributed by atoms with Crippen LogP contribution < -0.4 is 10.1 Å². The minimum absolute atomic E-state index is 0.0667. The van der Waals surface area contributed by atoms with Crippen molar-refractivity contribution in [2.45, 2.75) is 32.0 Å². The minimum Gasteiger partial charge on any atom is -0.476 e. The smallest absolute Gasteiger partial charge is 0.416 e. The van der Waals surface area contributed by atoms with Crippen LogP contribution >= 0.6 is 0 Å². The average Bonchev–Trinajstić information content (AvgIpc) is 2.82. The van der Waals surface area contributed by atoms with Gasteiger partial charge < -0.3 is 15.2 Å². The summed E-state index contributed by atoms with van der Waals surface area (Å²) >= 11 is 0. The minimum atomic E-state index is -4.81. The maximum Gasteiger partial charge on any atom is 0.416 e. The summed E-state index contributed by atoms with van der Waals surface area (Å²) in [5, 5.41) is 22.8. The Morgan fingerprint density at radius 3 is 2.26 bits per heavy atom. The molecule has 0 aliphatic carbocycles. The summed E-state index contributed by atoms with van der Waals surface area (Å²) in [6.45, 7) is 2.27. The Balaban J connectivity index is 1.99. The van der Waals surface area contributed by atoms with Crippen LogP contribution in [0.4, 0.5) is 27.6 Å². The number of nitrogens with one attached hydrogen (secondary N) is 1. The Hall–Kier alpha value is -4.55. The fraction of sp³-hybridized carbons (Fsp3) is 0.200. The van der Waals surface area contributed by atoms with E-state index < -0.39 is 63.3 Å². The number of halogens is 5. The van der Waals surface area contributed by atoms with Crippen molar-refractivity contribution in [2.75, 3.05) is 5.32 Å². The number of benzene rings is 3. The lowest BCUT2D eigenvalue weighted by molar-refractivity contribution is -0.550. The second kappa shape index (κ2) is 10.4. The van der Waals surface area contributed by atoms with E-state index in [9.17, 15) is 46.8 Å². The monoisotopic (exact) mass is 538 g/mol. The number of anilines is 1. The summed E-state index contributed by atoms with van der Waals surface area (Å²) in [6.07, 6.45) is -5.70. The van der Waals surface area contributed by atoms with Gasteiger partial charge in [-0.05, 0) is 72.6 Å². The molecule has 1 atom stereocenters. The van der Waals surface area contributed by atoms with Crippen LogP contribution in [0.3, 0.4) is 0 Å². The van der Waals surface area contributed by atoms with E-state index in [1.165, 1.54) is 13.0 Å². The molecule has 3 aromatic carbocycles. The molecule has 3 rings (SSSR count). The van der Waals surface area contributed by atoms with Crippen molar-refractivity contribution in [3.8, 4) is 11.5 Å². The molecule has 200 valence electrons. The number of hydrogen-bond donors (Lipinski definition) is 2. The van der Waals surface area contributed by atoms with Crippen molar-refractivity contribution in [2.24, 2.45) is 0 Å². The Kier molecular flexibility index (Phi) is 7.70. The molecule has 0 spiro atoms. The topological polar surface area (TPSA) is 119 Å². The summed E-state index contributed by atoms with van der Waals surface area (Å²) in [7, 11) is 0. The summed E-state index contributed by atoms with van der Waals surface area (Å²) in [5.41, 5.74) is -4.63. The predicted octanol–water partition coefficient (Wildman–Crippen LogP) is 6.00. The number of rotatable bonds is 8. The lowest BCUT2D eigenvalue weighted by Crippen LogP contribution is -2.45. The quantitative estimate of drug-likeness (QED) is 0.206. The number of ether oxygens (including phenoxy) is 1. The van der Waals surface area contributed by atoms with E-state index in [0.29, 0.717) is 17.7 Å². The number of carbonyl (C=O) groups excluding carboxylic acids is 1. The molecule has 0 radical (unpaired) electrons. The highest BCUT2D eigenvalue weighted by Crippen LogP contribution is 2.35. The molecular weight excluding hydrogens is 519 g/mol. The number of alkyl halides is 3. The molecule has 0 heterocycles. The first-order valence-corrected chi connectivity index (χ1v) is 10.7. The molecule has 8 nitrogen and oxygen atoms in total. The van der Waals surface area contributed by atoms with E-state index in [-0.39, 0.29) is 17.2 Å². The maximum atomic E-state index is 14.3. The van der Waals surface area contributed by atoms with Gasteiger partial charge in [-0.3, -0.25) is 14.9 Å². The fourth-order valence-corrected chi connectivity index (χ4v) is 3.39. The zero-order chi connectivity index (χ0) is 28.4. The number of carboxylic acids is 1. The van der Waals surface area contributed by atoms with Crippen LogP contribution in [-0.2, 0) is 17.4 Å². The zero-order valence-electron chi connectivity index (χ0n) is 19.7. The van der Waals surface area contributed by atoms with Gasteiger partial charge in [0.1, 0.15) is 23.1 Å². The molecule has 1 unspecified atom stereocenters. The molecule has 3 aromatic rings. The van der Waals surface area contributed by atoms with Gasteiger partial charge in [0.05, 0.1) is 17.5 Å².